The van der Waals surface area contributed by atoms with Crippen molar-refractivity contribution in [2.24, 2.45) is 0 Å². The fourth-order valence-corrected chi connectivity index (χ4v) is 14.2. The molecule has 0 saturated carbocycles. The minimum atomic E-state index is -1.09. The molecular formula is C86H85BrO19S2. The summed E-state index contributed by atoms with van der Waals surface area (Å²) >= 11 is 5.86. The van der Waals surface area contributed by atoms with Gasteiger partial charge in [-0.15, -0.1) is 23.5 Å². The zero-order valence-corrected chi connectivity index (χ0v) is 63.9. The monoisotopic (exact) mass is 1560 g/mol. The molecule has 2 saturated heterocycles. The van der Waals surface area contributed by atoms with Gasteiger partial charge in [-0.05, 0) is 131 Å². The van der Waals surface area contributed by atoms with Crippen LogP contribution in [0.2, 0.25) is 0 Å². The number of ether oxygens (including phenoxy) is 10. The maximum atomic E-state index is 13.1. The second-order valence-electron chi connectivity index (χ2n) is 25.8. The van der Waals surface area contributed by atoms with Gasteiger partial charge in [-0.1, -0.05) is 213 Å². The van der Waals surface area contributed by atoms with E-state index in [2.05, 4.69) is 15.9 Å². The SMILES string of the molecule is CC(=O)OC1S[C@H](COC(=O)c2ccc(C)cc2)[C@H](OC(=O)c2ccc(C)cc2)[C@H]1OCc1ccccc1.Cc1ccc(C(=O)OC[C@H](Br)[C@H](OC(=O)c2ccc(C)cc2)[C@H](C=O)OCc2ccccc2)cc1.Cc1ccc(C(=O)OC[C@H]2SC(O)[C@H](OCc3ccccc3)[C@H]2OC(=O)c2ccc(C)cc2)cc1. The predicted octanol–water partition coefficient (Wildman–Crippen LogP) is 15.2. The summed E-state index contributed by atoms with van der Waals surface area (Å²) in [5, 5.41) is 9.73. The number of halogens is 1. The van der Waals surface area contributed by atoms with Crippen LogP contribution in [0.5, 0.6) is 0 Å². The maximum absolute atomic E-state index is 13.1. The Kier molecular flexibility index (Phi) is 31.4. The largest absolute Gasteiger partial charge is 0.461 e. The molecule has 0 aromatic heterocycles. The summed E-state index contributed by atoms with van der Waals surface area (Å²) in [5.41, 5.74) is 9.50. The van der Waals surface area contributed by atoms with Crippen molar-refractivity contribution in [3.63, 3.8) is 0 Å². The van der Waals surface area contributed by atoms with E-state index in [1.165, 1.54) is 30.4 Å². The molecule has 2 heterocycles. The number of benzene rings is 9. The van der Waals surface area contributed by atoms with Gasteiger partial charge in [0.15, 0.2) is 23.9 Å². The van der Waals surface area contributed by atoms with Crippen LogP contribution in [-0.4, -0.2) is 136 Å². The standard InChI is InChI=1S/C30H30O7S.C28H27BrO6.C28H28O6S/c1-19-9-13-23(14-10-19)28(32)35-18-25-26(37-29(33)24-15-11-20(2)12-16-24)27(30(38-25)36-21(3)31)34-17-22-7-5-4-6-8-22;1-19-8-12-22(13-9-19)27(31)34-18-24(29)26(35-28(32)23-14-10-20(2)11-15-23)25(16-30)33-17-21-6-4-3-5-7-21;1-18-8-12-21(13-9-18)26(29)33-17-23-24(34-27(30)22-14-10-19(2)11-15-22)25(28(31)35-23)32-16-20-6-4-3-5-7-20/h4-16,25-27,30H,17-18H2,1-3H3;3-16,24-26H,17-18H2,1-2H3;3-15,23-25,28,31H,16-17H2,1-2H3/t25-,26+,27-,30?;24-,25-,26-;23-,24+,25-,28?/m101/s1. The lowest BCUT2D eigenvalue weighted by molar-refractivity contribution is -0.152. The van der Waals surface area contributed by atoms with Crippen LogP contribution in [0, 0.1) is 41.5 Å². The lowest BCUT2D eigenvalue weighted by Gasteiger charge is -2.27. The van der Waals surface area contributed by atoms with Gasteiger partial charge >= 0.3 is 41.8 Å². The molecule has 0 bridgehead atoms. The first-order valence-corrected chi connectivity index (χ1v) is 37.6. The molecule has 2 aliphatic rings. The number of esters is 7. The number of hydrogen-bond acceptors (Lipinski definition) is 21. The van der Waals surface area contributed by atoms with Crippen LogP contribution in [0.4, 0.5) is 0 Å². The molecule has 11 rings (SSSR count). The molecule has 0 aliphatic carbocycles. The number of thioether (sulfide) groups is 2. The molecule has 11 atom stereocenters. The Morgan fingerprint density at radius 2 is 0.722 bits per heavy atom. The first kappa shape index (κ1) is 82.0. The van der Waals surface area contributed by atoms with Crippen molar-refractivity contribution in [2.75, 3.05) is 19.8 Å². The smallest absolute Gasteiger partial charge is 0.338 e. The zero-order valence-electron chi connectivity index (χ0n) is 60.7. The number of aliphatic hydroxyl groups is 1. The van der Waals surface area contributed by atoms with E-state index in [0.717, 1.165) is 50.1 Å². The zero-order chi connectivity index (χ0) is 77.1. The normalized spacial score (nSPS) is 18.5. The summed E-state index contributed by atoms with van der Waals surface area (Å²) < 4.78 is 57.6. The average Bonchev–Trinajstić information content (AvgIpc) is 1.66. The minimum absolute atomic E-state index is 0.0362. The Morgan fingerprint density at radius 1 is 0.398 bits per heavy atom. The molecule has 9 aromatic carbocycles. The number of rotatable bonds is 28. The number of carbonyl (C=O) groups excluding carboxylic acids is 8. The molecule has 2 aliphatic heterocycles. The fourth-order valence-electron chi connectivity index (χ4n) is 11.0. The third-order valence-electron chi connectivity index (χ3n) is 17.1. The van der Waals surface area contributed by atoms with Gasteiger partial charge in [0.1, 0.15) is 49.7 Å². The van der Waals surface area contributed by atoms with Gasteiger partial charge in [-0.3, -0.25) is 4.79 Å². The van der Waals surface area contributed by atoms with E-state index in [4.69, 9.17) is 47.4 Å². The highest BCUT2D eigenvalue weighted by Gasteiger charge is 2.51. The summed E-state index contributed by atoms with van der Waals surface area (Å²) in [6, 6.07) is 70.5. The van der Waals surface area contributed by atoms with Crippen LogP contribution < -0.4 is 0 Å². The average molecular weight is 1570 g/mol. The predicted molar refractivity (Wildman–Crippen MR) is 414 cm³/mol. The van der Waals surface area contributed by atoms with Crippen molar-refractivity contribution >= 4 is 87.5 Å². The highest BCUT2D eigenvalue weighted by molar-refractivity contribution is 9.09. The van der Waals surface area contributed by atoms with Gasteiger partial charge in [-0.2, -0.15) is 0 Å². The Morgan fingerprint density at radius 3 is 1.09 bits per heavy atom. The van der Waals surface area contributed by atoms with Crippen molar-refractivity contribution in [3.8, 4) is 0 Å². The van der Waals surface area contributed by atoms with Crippen molar-refractivity contribution in [1.82, 2.24) is 0 Å². The third-order valence-corrected chi connectivity index (χ3v) is 20.6. The lowest BCUT2D eigenvalue weighted by Crippen LogP contribution is -2.43. The molecule has 0 radical (unpaired) electrons. The Hall–Kier alpha value is -10.0. The van der Waals surface area contributed by atoms with Gasteiger partial charge < -0.3 is 57.3 Å². The first-order valence-electron chi connectivity index (χ1n) is 34.8. The summed E-state index contributed by atoms with van der Waals surface area (Å²) in [7, 11) is 0. The molecule has 1 N–H and O–H groups in total. The van der Waals surface area contributed by atoms with Gasteiger partial charge in [-0.25, -0.2) is 28.8 Å². The van der Waals surface area contributed by atoms with Gasteiger partial charge in [0, 0.05) is 6.92 Å². The van der Waals surface area contributed by atoms with E-state index in [9.17, 15) is 43.5 Å². The van der Waals surface area contributed by atoms with Gasteiger partial charge in [0.2, 0.25) is 0 Å². The second kappa shape index (κ2) is 41.3. The number of hydrogen-bond donors (Lipinski definition) is 1. The summed E-state index contributed by atoms with van der Waals surface area (Å²) in [6.45, 7) is 13.3. The fraction of sp³-hybridized carbons (Fsp3) is 0.279. The first-order chi connectivity index (χ1) is 52.1. The van der Waals surface area contributed by atoms with Crippen LogP contribution >= 0.6 is 39.5 Å². The summed E-state index contributed by atoms with van der Waals surface area (Å²) in [5.74, 6) is -3.65. The van der Waals surface area contributed by atoms with Crippen LogP contribution in [0.15, 0.2) is 237 Å². The molecule has 562 valence electrons. The molecule has 0 amide bonds. The summed E-state index contributed by atoms with van der Waals surface area (Å²) in [6.07, 6.45) is -4.75. The summed E-state index contributed by atoms with van der Waals surface area (Å²) in [4.78, 5) is 99.7. The Bertz CT molecular complexity index is 4380. The number of aliphatic hydroxyl groups excluding tert-OH is 1. The maximum Gasteiger partial charge on any atom is 0.338 e. The molecule has 2 fully saturated rings. The number of aldehydes is 1. The van der Waals surface area contributed by atoms with Crippen LogP contribution in [0.1, 0.15) is 119 Å². The molecule has 9 aromatic rings. The molecule has 19 nitrogen and oxygen atoms in total. The van der Waals surface area contributed by atoms with Gasteiger partial charge in [0.25, 0.3) is 0 Å². The molecule has 108 heavy (non-hydrogen) atoms. The van der Waals surface area contributed by atoms with E-state index in [1.54, 1.807) is 84.9 Å². The molecule has 0 spiro atoms. The van der Waals surface area contributed by atoms with E-state index < -0.39 is 105 Å². The van der Waals surface area contributed by atoms with Crippen molar-refractivity contribution in [1.29, 1.82) is 0 Å². The van der Waals surface area contributed by atoms with Gasteiger partial charge in [0.05, 0.1) is 68.5 Å². The third kappa shape index (κ3) is 25.0. The minimum Gasteiger partial charge on any atom is -0.461 e. The lowest BCUT2D eigenvalue weighted by atomic mass is 10.1. The van der Waals surface area contributed by atoms with E-state index in [-0.39, 0.29) is 39.6 Å². The van der Waals surface area contributed by atoms with Crippen molar-refractivity contribution < 1.29 is 90.8 Å². The van der Waals surface area contributed by atoms with Crippen LogP contribution in [0.25, 0.3) is 0 Å². The number of carbonyl (C=O) groups is 8. The molecule has 22 heteroatoms. The van der Waals surface area contributed by atoms with E-state index in [1.807, 2.05) is 193 Å². The molecule has 2 unspecified atom stereocenters. The van der Waals surface area contributed by atoms with Crippen molar-refractivity contribution in [3.05, 3.63) is 320 Å². The van der Waals surface area contributed by atoms with Crippen molar-refractivity contribution in [2.45, 2.75) is 131 Å². The Balaban J connectivity index is 0.000000187. The van der Waals surface area contributed by atoms with E-state index in [0.29, 0.717) is 39.7 Å². The number of aryl methyl sites for hydroxylation is 6. The highest BCUT2D eigenvalue weighted by atomic mass is 79.9. The molecular weight excluding hydrogens is 1480 g/mol. The highest BCUT2D eigenvalue weighted by Crippen LogP contribution is 2.41. The Labute approximate surface area is 645 Å². The topological polar surface area (TPSA) is 249 Å². The number of alkyl halides is 1. The second-order valence-corrected chi connectivity index (χ2v) is 29.6. The van der Waals surface area contributed by atoms with Crippen LogP contribution in [-0.2, 0) is 76.8 Å². The van der Waals surface area contributed by atoms with Crippen LogP contribution in [0.3, 0.4) is 0 Å². The van der Waals surface area contributed by atoms with E-state index >= 15 is 0 Å². The quantitative estimate of drug-likeness (QED) is 0.0207.